The van der Waals surface area contributed by atoms with E-state index in [1.165, 1.54) is 36.8 Å². The molecule has 19 heteroatoms. The third-order valence-electron chi connectivity index (χ3n) is 14.8. The predicted octanol–water partition coefficient (Wildman–Crippen LogP) is 8.55. The number of alkyl carbamates (subject to hydrolysis) is 1. The number of benzene rings is 1. The molecule has 8 N–H and O–H groups in total. The predicted molar refractivity (Wildman–Crippen MR) is 305 cm³/mol. The largest absolute Gasteiger partial charge is 0.419 e. The summed E-state index contributed by atoms with van der Waals surface area (Å²) in [5, 5.41) is 35.3. The second-order valence-electron chi connectivity index (χ2n) is 22.7. The maximum atomic E-state index is 15.4. The van der Waals surface area contributed by atoms with E-state index in [0.29, 0.717) is 110 Å². The summed E-state index contributed by atoms with van der Waals surface area (Å²) in [5.41, 5.74) is 4.27. The van der Waals surface area contributed by atoms with Crippen molar-refractivity contribution in [2.24, 2.45) is 5.73 Å². The highest BCUT2D eigenvalue weighted by atomic mass is 19.1. The van der Waals surface area contributed by atoms with E-state index in [-0.39, 0.29) is 80.3 Å². The summed E-state index contributed by atoms with van der Waals surface area (Å²) in [6.07, 6.45) is 11.2. The summed E-state index contributed by atoms with van der Waals surface area (Å²) in [7, 11) is 1.41. The molecule has 0 saturated heterocycles. The van der Waals surface area contributed by atoms with Gasteiger partial charge in [0.25, 0.3) is 11.5 Å². The molecule has 440 valence electrons. The molecule has 4 atom stereocenters. The van der Waals surface area contributed by atoms with Crippen LogP contribution in [0.4, 0.5) is 9.18 Å². The van der Waals surface area contributed by atoms with E-state index >= 15 is 4.39 Å². The van der Waals surface area contributed by atoms with Crippen LogP contribution in [0.25, 0.3) is 22.3 Å². The van der Waals surface area contributed by atoms with Gasteiger partial charge in [-0.05, 0) is 154 Å². The summed E-state index contributed by atoms with van der Waals surface area (Å²) in [6, 6.07) is 1.48. The molecule has 2 aromatic heterocycles. The molecule has 3 aromatic rings. The third kappa shape index (κ3) is 17.9. The van der Waals surface area contributed by atoms with Crippen molar-refractivity contribution in [2.75, 3.05) is 26.8 Å². The van der Waals surface area contributed by atoms with Crippen LogP contribution in [-0.4, -0.2) is 99.5 Å². The average Bonchev–Trinajstić information content (AvgIpc) is 4.07. The number of aldehydes is 1. The van der Waals surface area contributed by atoms with Gasteiger partial charge < -0.3 is 56.0 Å². The summed E-state index contributed by atoms with van der Waals surface area (Å²) < 4.78 is 33.6. The molecule has 0 spiro atoms. The SMILES string of the molecule is CCCC.CCC[C@@](O)(CC/C=C/OC(=O)NC1CCc2c(C)c(F)cc3nc4c(c1c23)Cn1c-4cc([C@](O)(C=O)CC)c(COC)c1=O)C(=O)NCCCCC(NC(=O)CCCCCN)C(=O)NC(C)(C)CCOC(C)(C)C. The van der Waals surface area contributed by atoms with Crippen LogP contribution in [-0.2, 0) is 58.6 Å². The number of rotatable bonds is 30. The Morgan fingerprint density at radius 3 is 2.32 bits per heavy atom. The lowest BCUT2D eigenvalue weighted by molar-refractivity contribution is -0.141. The van der Waals surface area contributed by atoms with Crippen molar-refractivity contribution in [1.82, 2.24) is 30.8 Å². The van der Waals surface area contributed by atoms with Crippen LogP contribution in [0.5, 0.6) is 0 Å². The van der Waals surface area contributed by atoms with Crippen LogP contribution in [0, 0.1) is 12.7 Å². The number of methoxy groups -OCH3 is 1. The Bertz CT molecular complexity index is 2660. The second-order valence-corrected chi connectivity index (χ2v) is 22.7. The summed E-state index contributed by atoms with van der Waals surface area (Å²) in [4.78, 5) is 84.6. The number of ether oxygens (including phenoxy) is 3. The van der Waals surface area contributed by atoms with Crippen LogP contribution < -0.4 is 32.6 Å². The van der Waals surface area contributed by atoms with E-state index in [2.05, 4.69) is 35.1 Å². The van der Waals surface area contributed by atoms with Crippen LogP contribution in [0.3, 0.4) is 0 Å². The minimum atomic E-state index is -1.98. The molecule has 0 bridgehead atoms. The molecule has 1 aliphatic carbocycles. The molecule has 4 amide bonds. The minimum Gasteiger partial charge on any atom is -0.419 e. The highest BCUT2D eigenvalue weighted by Gasteiger charge is 2.39. The van der Waals surface area contributed by atoms with E-state index in [4.69, 9.17) is 24.9 Å². The molecule has 2 unspecified atom stereocenters. The monoisotopic (exact) mass is 1110 g/mol. The molecule has 1 aliphatic heterocycles. The van der Waals surface area contributed by atoms with Crippen molar-refractivity contribution in [1.29, 1.82) is 0 Å². The van der Waals surface area contributed by atoms with Gasteiger partial charge in [-0.25, -0.2) is 14.2 Å². The maximum Gasteiger partial charge on any atom is 0.412 e. The molecule has 1 aromatic carbocycles. The van der Waals surface area contributed by atoms with E-state index in [1.54, 1.807) is 26.0 Å². The number of nitrogens with two attached hydrogens (primary N) is 1. The van der Waals surface area contributed by atoms with Crippen molar-refractivity contribution < 1.29 is 52.8 Å². The van der Waals surface area contributed by atoms with E-state index in [1.807, 2.05) is 41.5 Å². The first-order valence-electron chi connectivity index (χ1n) is 28.6. The van der Waals surface area contributed by atoms with Gasteiger partial charge in [-0.2, -0.15) is 0 Å². The highest BCUT2D eigenvalue weighted by molar-refractivity contribution is 5.93. The molecule has 0 saturated carbocycles. The third-order valence-corrected chi connectivity index (χ3v) is 14.8. The zero-order valence-electron chi connectivity index (χ0n) is 49.0. The zero-order chi connectivity index (χ0) is 58.7. The molecule has 18 nitrogen and oxygen atoms in total. The molecule has 79 heavy (non-hydrogen) atoms. The van der Waals surface area contributed by atoms with Gasteiger partial charge >= 0.3 is 6.09 Å². The molecule has 0 radical (unpaired) electrons. The number of aryl methyl sites for hydroxylation is 1. The van der Waals surface area contributed by atoms with E-state index < -0.39 is 52.2 Å². The van der Waals surface area contributed by atoms with Gasteiger partial charge in [0.15, 0.2) is 6.29 Å². The average molecular weight is 1110 g/mol. The first-order valence-corrected chi connectivity index (χ1v) is 28.6. The molecule has 5 rings (SSSR count). The van der Waals surface area contributed by atoms with Crippen molar-refractivity contribution in [3.63, 3.8) is 0 Å². The van der Waals surface area contributed by atoms with Gasteiger partial charge in [0.2, 0.25) is 11.8 Å². The Balaban J connectivity index is 0.00000325. The number of aliphatic hydroxyl groups is 2. The number of nitrogens with zero attached hydrogens (tertiary/aromatic N) is 2. The summed E-state index contributed by atoms with van der Waals surface area (Å²) >= 11 is 0. The second kappa shape index (κ2) is 30.3. The number of halogens is 1. The number of carbonyl (C=O) groups is 5. The number of hydrogen-bond donors (Lipinski definition) is 7. The first kappa shape index (κ1) is 65.9. The van der Waals surface area contributed by atoms with E-state index in [0.717, 1.165) is 18.4 Å². The number of hydrogen-bond acceptors (Lipinski definition) is 13. The lowest BCUT2D eigenvalue weighted by Gasteiger charge is -2.30. The number of nitrogens with one attached hydrogen (secondary N) is 4. The molecule has 3 heterocycles. The quantitative estimate of drug-likeness (QED) is 0.0147. The molecular formula is C60H92FN7O11. The Hall–Kier alpha value is -5.60. The lowest BCUT2D eigenvalue weighted by Crippen LogP contribution is -2.53. The number of carbonyl (C=O) groups excluding carboxylic acids is 5. The Morgan fingerprint density at radius 1 is 0.962 bits per heavy atom. The number of amides is 4. The normalized spacial score (nSPS) is 15.7. The van der Waals surface area contributed by atoms with Crippen molar-refractivity contribution in [3.8, 4) is 11.4 Å². The molecule has 2 aliphatic rings. The van der Waals surface area contributed by atoms with Crippen LogP contribution in [0.2, 0.25) is 0 Å². The van der Waals surface area contributed by atoms with Crippen molar-refractivity contribution in [2.45, 2.75) is 226 Å². The van der Waals surface area contributed by atoms with Gasteiger partial charge in [0, 0.05) is 60.4 Å². The Morgan fingerprint density at radius 2 is 1.68 bits per heavy atom. The van der Waals surface area contributed by atoms with Crippen molar-refractivity contribution in [3.05, 3.63) is 74.0 Å². The van der Waals surface area contributed by atoms with Crippen LogP contribution in [0.1, 0.15) is 204 Å². The number of pyridine rings is 2. The van der Waals surface area contributed by atoms with Crippen LogP contribution >= 0.6 is 0 Å². The number of allylic oxidation sites excluding steroid dienone is 1. The Kier molecular flexibility index (Phi) is 25.3. The lowest BCUT2D eigenvalue weighted by atomic mass is 9.81. The summed E-state index contributed by atoms with van der Waals surface area (Å²) in [6.45, 7) is 20.4. The number of aromatic nitrogens is 2. The summed E-state index contributed by atoms with van der Waals surface area (Å²) in [5.74, 6) is -1.50. The van der Waals surface area contributed by atoms with Crippen LogP contribution in [0.15, 0.2) is 29.3 Å². The van der Waals surface area contributed by atoms with Crippen molar-refractivity contribution >= 4 is 41.0 Å². The fraction of sp³-hybridized carbons (Fsp3) is 0.650. The number of fused-ring (bicyclic) bond motifs is 4. The zero-order valence-corrected chi connectivity index (χ0v) is 49.0. The first-order chi connectivity index (χ1) is 37.4. The fourth-order valence-electron chi connectivity index (χ4n) is 10.0. The molecular weight excluding hydrogens is 1010 g/mol. The van der Waals surface area contributed by atoms with Gasteiger partial charge in [-0.3, -0.25) is 24.0 Å². The van der Waals surface area contributed by atoms with Gasteiger partial charge in [0.1, 0.15) is 23.1 Å². The highest BCUT2D eigenvalue weighted by Crippen LogP contribution is 2.45. The fourth-order valence-corrected chi connectivity index (χ4v) is 10.0. The van der Waals surface area contributed by atoms with Gasteiger partial charge in [-0.1, -0.05) is 53.4 Å². The standard InChI is InChI=1S/C56H82FN7O11.C4H10/c1-10-23-56(72,51(69)59-27-17-14-19-42(60-45(66)20-13-12-16-26-58)49(67)63-54(7,8)25-29-75-53(4,5)6)24-15-18-28-74-52(70)62-41-22-21-36-35(3)40(57)31-43-46(36)47(41)37-32-64-44(48(37)61-43)30-39(55(71,11-2)34-65)38(33-73-9)50(64)68;1-3-4-2/h18,28,30-31,34,41-42,71-72H,10-17,19-27,29,32-33,58H2,1-9H3,(H,59,69)(H,60,66)(H,62,70)(H,63,67);3-4H2,1-2H3/b28-18+;/t41?,42?,55-,56-;/m1./s1. The number of unbranched alkanes of at least 4 members (excludes halogenated alkanes) is 4. The minimum absolute atomic E-state index is 0.00723. The Labute approximate surface area is 467 Å². The van der Waals surface area contributed by atoms with Gasteiger partial charge in [-0.15, -0.1) is 0 Å². The van der Waals surface area contributed by atoms with Gasteiger partial charge in [0.05, 0.1) is 48.0 Å². The maximum absolute atomic E-state index is 15.4. The smallest absolute Gasteiger partial charge is 0.412 e. The van der Waals surface area contributed by atoms with E-state index in [9.17, 15) is 39.0 Å². The molecule has 0 fully saturated rings. The topological polar surface area (TPSA) is 263 Å².